The summed E-state index contributed by atoms with van der Waals surface area (Å²) >= 11 is 0. The van der Waals surface area contributed by atoms with Gasteiger partial charge in [0.05, 0.1) is 24.2 Å². The molecule has 3 rings (SSSR count). The van der Waals surface area contributed by atoms with Crippen LogP contribution in [0.5, 0.6) is 5.75 Å². The number of nitrogens with zero attached hydrogens (tertiary/aromatic N) is 2. The minimum Gasteiger partial charge on any atom is -0.481 e. The second-order valence-electron chi connectivity index (χ2n) is 10.9. The number of alkyl halides is 3. The van der Waals surface area contributed by atoms with Gasteiger partial charge in [0.2, 0.25) is 0 Å². The van der Waals surface area contributed by atoms with Crippen LogP contribution < -0.4 is 15.4 Å². The number of amides is 3. The average molecular weight is 565 g/mol. The van der Waals surface area contributed by atoms with Gasteiger partial charge in [0.15, 0.2) is 0 Å². The number of urea groups is 1. The maximum Gasteiger partial charge on any atom is 0.573 e. The largest absolute Gasteiger partial charge is 0.573 e. The van der Waals surface area contributed by atoms with E-state index in [-0.39, 0.29) is 42.3 Å². The van der Waals surface area contributed by atoms with E-state index in [1.165, 1.54) is 18.3 Å². The summed E-state index contributed by atoms with van der Waals surface area (Å²) in [4.78, 5) is 42.3. The Hall–Kier alpha value is -3.83. The summed E-state index contributed by atoms with van der Waals surface area (Å²) in [5.74, 6) is -1.34. The molecule has 0 atom stereocenters. The van der Waals surface area contributed by atoms with E-state index in [4.69, 9.17) is 5.11 Å². The molecular weight excluding hydrogens is 529 g/mol. The number of halogens is 3. The van der Waals surface area contributed by atoms with E-state index in [1.807, 2.05) is 0 Å². The fraction of sp³-hybridized carbons (Fsp3) is 0.500. The number of rotatable bonds is 9. The molecule has 9 nitrogen and oxygen atoms in total. The van der Waals surface area contributed by atoms with Gasteiger partial charge in [-0.15, -0.1) is 13.2 Å². The van der Waals surface area contributed by atoms with Gasteiger partial charge >= 0.3 is 18.4 Å². The number of carbonyl (C=O) groups excluding carboxylic acids is 2. The van der Waals surface area contributed by atoms with Crippen molar-refractivity contribution in [2.45, 2.75) is 71.8 Å². The number of ether oxygens (including phenoxy) is 1. The third-order valence-corrected chi connectivity index (χ3v) is 7.01. The molecule has 3 amide bonds. The van der Waals surface area contributed by atoms with Gasteiger partial charge in [0.25, 0.3) is 5.91 Å². The van der Waals surface area contributed by atoms with Gasteiger partial charge in [-0.05, 0) is 73.4 Å². The second kappa shape index (κ2) is 13.0. The Balaban J connectivity index is 1.72. The lowest BCUT2D eigenvalue weighted by Crippen LogP contribution is -2.45. The highest BCUT2D eigenvalue weighted by molar-refractivity contribution is 5.94. The van der Waals surface area contributed by atoms with Crippen LogP contribution in [0, 0.1) is 11.3 Å². The first-order valence-electron chi connectivity index (χ1n) is 13.1. The molecule has 1 aromatic carbocycles. The molecule has 0 radical (unpaired) electrons. The number of benzene rings is 1. The van der Waals surface area contributed by atoms with E-state index < -0.39 is 24.3 Å². The van der Waals surface area contributed by atoms with E-state index in [9.17, 15) is 27.6 Å². The highest BCUT2D eigenvalue weighted by atomic mass is 19.4. The summed E-state index contributed by atoms with van der Waals surface area (Å²) in [6.45, 7) is 6.77. The smallest absolute Gasteiger partial charge is 0.481 e. The second-order valence-corrected chi connectivity index (χ2v) is 10.9. The van der Waals surface area contributed by atoms with Crippen LogP contribution in [-0.4, -0.2) is 51.8 Å². The van der Waals surface area contributed by atoms with Crippen molar-refractivity contribution in [2.75, 3.05) is 11.9 Å². The van der Waals surface area contributed by atoms with Crippen LogP contribution in [0.3, 0.4) is 0 Å². The Labute approximate surface area is 231 Å². The lowest BCUT2D eigenvalue weighted by atomic mass is 9.71. The normalized spacial score (nSPS) is 17.6. The molecule has 0 bridgehead atoms. The molecule has 2 aromatic rings. The quantitative estimate of drug-likeness (QED) is 0.353. The van der Waals surface area contributed by atoms with Crippen LogP contribution in [0.4, 0.5) is 23.7 Å². The van der Waals surface area contributed by atoms with Crippen LogP contribution in [0.1, 0.15) is 68.9 Å². The van der Waals surface area contributed by atoms with Gasteiger partial charge in [-0.1, -0.05) is 20.8 Å². The number of aliphatic carboxylic acids is 1. The van der Waals surface area contributed by atoms with Gasteiger partial charge in [0, 0.05) is 24.5 Å². The Morgan fingerprint density at radius 3 is 2.20 bits per heavy atom. The van der Waals surface area contributed by atoms with E-state index in [1.54, 1.807) is 17.0 Å². The number of nitrogens with one attached hydrogen (secondary N) is 2. The summed E-state index contributed by atoms with van der Waals surface area (Å²) in [5, 5.41) is 14.0. The maximum atomic E-state index is 13.4. The number of carbonyl (C=O) groups is 3. The third kappa shape index (κ3) is 9.42. The lowest BCUT2D eigenvalue weighted by Gasteiger charge is -2.41. The van der Waals surface area contributed by atoms with Gasteiger partial charge in [-0.25, -0.2) is 4.79 Å². The molecule has 1 aliphatic rings. The zero-order chi connectivity index (χ0) is 29.5. The summed E-state index contributed by atoms with van der Waals surface area (Å²) in [7, 11) is 0. The van der Waals surface area contributed by atoms with Crippen LogP contribution in [0.2, 0.25) is 0 Å². The average Bonchev–Trinajstić information content (AvgIpc) is 2.87. The van der Waals surface area contributed by atoms with Crippen LogP contribution in [0.15, 0.2) is 42.6 Å². The fourth-order valence-corrected chi connectivity index (χ4v) is 4.77. The van der Waals surface area contributed by atoms with Crippen LogP contribution >= 0.6 is 0 Å². The number of hydrogen-bond donors (Lipinski definition) is 3. The molecule has 1 heterocycles. The Morgan fingerprint density at radius 1 is 1.02 bits per heavy atom. The number of aromatic nitrogens is 1. The molecule has 1 aromatic heterocycles. The van der Waals surface area contributed by atoms with E-state index in [0.29, 0.717) is 17.3 Å². The van der Waals surface area contributed by atoms with E-state index in [2.05, 4.69) is 41.1 Å². The maximum absolute atomic E-state index is 13.4. The summed E-state index contributed by atoms with van der Waals surface area (Å²) < 4.78 is 41.3. The molecule has 3 N–H and O–H groups in total. The number of hydrogen-bond acceptors (Lipinski definition) is 5. The molecule has 12 heteroatoms. The first kappa shape index (κ1) is 30.7. The summed E-state index contributed by atoms with van der Waals surface area (Å²) in [6, 6.07) is 7.63. The van der Waals surface area contributed by atoms with Crippen molar-refractivity contribution in [1.82, 2.24) is 15.2 Å². The standard InChI is InChI=1S/C28H35F3N4O5/c1-27(2,3)19-5-10-22(11-6-19)35(26(39)34-20-8-12-23(13-9-20)40-28(29,30)31)17-21-7-4-18(16-33-21)25(38)32-15-14-24(36)37/h4,7-9,12-13,16,19,22H,5-6,10-11,14-15,17H2,1-3H3,(H,32,38)(H,34,39)(H,36,37). The van der Waals surface area contributed by atoms with Crippen molar-refractivity contribution in [3.8, 4) is 5.75 Å². The number of carboxylic acids is 1. The summed E-state index contributed by atoms with van der Waals surface area (Å²) in [6.07, 6.45) is -0.159. The summed E-state index contributed by atoms with van der Waals surface area (Å²) in [5.41, 5.74) is 1.27. The van der Waals surface area contributed by atoms with Crippen molar-refractivity contribution in [1.29, 1.82) is 0 Å². The van der Waals surface area contributed by atoms with E-state index >= 15 is 0 Å². The molecular formula is C28H35F3N4O5. The predicted molar refractivity (Wildman–Crippen MR) is 142 cm³/mol. The van der Waals surface area contributed by atoms with Crippen molar-refractivity contribution in [3.63, 3.8) is 0 Å². The zero-order valence-corrected chi connectivity index (χ0v) is 22.8. The van der Waals surface area contributed by atoms with Crippen molar-refractivity contribution in [2.24, 2.45) is 11.3 Å². The lowest BCUT2D eigenvalue weighted by molar-refractivity contribution is -0.274. The molecule has 1 fully saturated rings. The topological polar surface area (TPSA) is 121 Å². The first-order chi connectivity index (χ1) is 18.7. The van der Waals surface area contributed by atoms with Crippen molar-refractivity contribution >= 4 is 23.6 Å². The van der Waals surface area contributed by atoms with Crippen LogP contribution in [0.25, 0.3) is 0 Å². The predicted octanol–water partition coefficient (Wildman–Crippen LogP) is 5.82. The first-order valence-corrected chi connectivity index (χ1v) is 13.1. The van der Waals surface area contributed by atoms with Gasteiger partial charge < -0.3 is 25.4 Å². The third-order valence-electron chi connectivity index (χ3n) is 7.01. The minimum absolute atomic E-state index is 0.00951. The van der Waals surface area contributed by atoms with Crippen molar-refractivity contribution < 1.29 is 37.4 Å². The van der Waals surface area contributed by atoms with Crippen molar-refractivity contribution in [3.05, 3.63) is 53.9 Å². The van der Waals surface area contributed by atoms with Gasteiger partial charge in [-0.2, -0.15) is 0 Å². The van der Waals surface area contributed by atoms with Crippen LogP contribution in [-0.2, 0) is 11.3 Å². The minimum atomic E-state index is -4.81. The Morgan fingerprint density at radius 2 is 1.68 bits per heavy atom. The fourth-order valence-electron chi connectivity index (χ4n) is 4.77. The molecule has 218 valence electrons. The number of carboxylic acid groups (broad SMARTS) is 1. The highest BCUT2D eigenvalue weighted by Crippen LogP contribution is 2.39. The zero-order valence-electron chi connectivity index (χ0n) is 22.8. The monoisotopic (exact) mass is 564 g/mol. The Kier molecular flexibility index (Phi) is 9.99. The number of pyridine rings is 1. The molecule has 0 unspecified atom stereocenters. The number of anilines is 1. The molecule has 1 aliphatic carbocycles. The molecule has 0 aliphatic heterocycles. The molecule has 40 heavy (non-hydrogen) atoms. The highest BCUT2D eigenvalue weighted by Gasteiger charge is 2.34. The molecule has 0 spiro atoms. The van der Waals surface area contributed by atoms with E-state index in [0.717, 1.165) is 37.8 Å². The van der Waals surface area contributed by atoms with Gasteiger partial charge in [0.1, 0.15) is 5.75 Å². The molecule has 1 saturated carbocycles. The van der Waals surface area contributed by atoms with Gasteiger partial charge in [-0.3, -0.25) is 14.6 Å². The molecule has 0 saturated heterocycles. The SMILES string of the molecule is CC(C)(C)C1CCC(N(Cc2ccc(C(=O)NCCC(=O)O)cn2)C(=O)Nc2ccc(OC(F)(F)F)cc2)CC1. The Bertz CT molecular complexity index is 1160.